The largest absolute Gasteiger partial charge is 0.493 e. The van der Waals surface area contributed by atoms with Crippen LogP contribution < -0.4 is 32.0 Å². The van der Waals surface area contributed by atoms with Crippen LogP contribution in [0.5, 0.6) is 11.5 Å². The van der Waals surface area contributed by atoms with E-state index in [-0.39, 0.29) is 11.1 Å². The van der Waals surface area contributed by atoms with Gasteiger partial charge in [-0.1, -0.05) is 78.1 Å². The second-order valence-corrected chi connectivity index (χ2v) is 8.02. The Kier molecular flexibility index (Phi) is 14.9. The third-order valence-corrected chi connectivity index (χ3v) is 5.34. The topological polar surface area (TPSA) is 129 Å². The van der Waals surface area contributed by atoms with Crippen LogP contribution in [0.4, 0.5) is 0 Å². The van der Waals surface area contributed by atoms with Crippen LogP contribution in [-0.2, 0) is 0 Å². The number of nitrogens with one attached hydrogen (secondary N) is 2. The van der Waals surface area contributed by atoms with Crippen molar-refractivity contribution in [2.75, 3.05) is 13.2 Å². The van der Waals surface area contributed by atoms with E-state index in [1.807, 2.05) is 0 Å². The fourth-order valence-electron chi connectivity index (χ4n) is 3.44. The maximum Gasteiger partial charge on any atom is 0.268 e. The normalized spacial score (nSPS) is 10.6. The predicted molar refractivity (Wildman–Crippen MR) is 127 cm³/mol. The molecule has 2 amide bonds. The first-order valence-corrected chi connectivity index (χ1v) is 12.0. The summed E-state index contributed by atoms with van der Waals surface area (Å²) in [6.45, 7) is 5.31. The maximum atomic E-state index is 12.3. The number of hydrogen-bond acceptors (Lipinski definition) is 6. The highest BCUT2D eigenvalue weighted by molar-refractivity contribution is 6.03. The minimum atomic E-state index is -0.545. The molecule has 32 heavy (non-hydrogen) atoms. The van der Waals surface area contributed by atoms with Crippen molar-refractivity contribution in [2.24, 2.45) is 11.7 Å². The van der Waals surface area contributed by atoms with Crippen LogP contribution in [-0.4, -0.2) is 25.0 Å². The molecule has 0 heterocycles. The zero-order valence-electron chi connectivity index (χ0n) is 19.8. The van der Waals surface area contributed by atoms with Crippen LogP contribution in [0.25, 0.3) is 0 Å². The molecule has 1 rings (SSSR count). The van der Waals surface area contributed by atoms with Gasteiger partial charge in [-0.2, -0.15) is 0 Å². The molecule has 0 aliphatic heterocycles. The van der Waals surface area contributed by atoms with E-state index in [4.69, 9.17) is 21.2 Å². The maximum absolute atomic E-state index is 12.3. The fourth-order valence-corrected chi connectivity index (χ4v) is 3.44. The lowest BCUT2D eigenvalue weighted by Crippen LogP contribution is -2.33. The highest BCUT2D eigenvalue weighted by Gasteiger charge is 2.21. The number of nitrogens with two attached hydrogens (primary N) is 2. The summed E-state index contributed by atoms with van der Waals surface area (Å²) in [4.78, 5) is 24.6. The molecule has 8 heteroatoms. The molecule has 182 valence electrons. The number of rotatable bonds is 18. The van der Waals surface area contributed by atoms with Gasteiger partial charge < -0.3 is 9.47 Å². The first kappa shape index (κ1) is 27.7. The Bertz CT molecular complexity index is 629. The highest BCUT2D eigenvalue weighted by atomic mass is 16.5. The van der Waals surface area contributed by atoms with Gasteiger partial charge in [0.15, 0.2) is 0 Å². The number of carbonyl (C=O) groups excluding carboxylic acids is 2. The average Bonchev–Trinajstić information content (AvgIpc) is 2.81. The van der Waals surface area contributed by atoms with Gasteiger partial charge in [0.25, 0.3) is 11.8 Å². The molecule has 0 radical (unpaired) electrons. The van der Waals surface area contributed by atoms with Gasteiger partial charge in [0.05, 0.1) is 24.3 Å². The number of benzene rings is 1. The third kappa shape index (κ3) is 10.3. The zero-order chi connectivity index (χ0) is 23.6. The molecule has 0 saturated carbocycles. The van der Waals surface area contributed by atoms with E-state index in [9.17, 15) is 9.59 Å². The van der Waals surface area contributed by atoms with Crippen molar-refractivity contribution < 1.29 is 19.1 Å². The lowest BCUT2D eigenvalue weighted by molar-refractivity contribution is 0.0948. The van der Waals surface area contributed by atoms with Gasteiger partial charge in [-0.3, -0.25) is 20.4 Å². The van der Waals surface area contributed by atoms with Crippen LogP contribution in [0.1, 0.15) is 112 Å². The van der Waals surface area contributed by atoms with E-state index in [1.165, 1.54) is 44.6 Å². The Morgan fingerprint density at radius 1 is 0.656 bits per heavy atom. The van der Waals surface area contributed by atoms with Gasteiger partial charge in [-0.05, 0) is 18.9 Å². The molecule has 0 unspecified atom stereocenters. The molecule has 0 fully saturated rings. The van der Waals surface area contributed by atoms with Gasteiger partial charge in [-0.25, -0.2) is 11.7 Å². The number of ether oxygens (including phenoxy) is 2. The summed E-state index contributed by atoms with van der Waals surface area (Å²) < 4.78 is 11.8. The van der Waals surface area contributed by atoms with Gasteiger partial charge in [0, 0.05) is 6.07 Å². The average molecular weight is 451 g/mol. The minimum Gasteiger partial charge on any atom is -0.493 e. The molecule has 0 aliphatic rings. The Morgan fingerprint density at radius 2 is 1.03 bits per heavy atom. The summed E-state index contributed by atoms with van der Waals surface area (Å²) in [6.07, 6.45) is 13.5. The van der Waals surface area contributed by atoms with Crippen LogP contribution in [0, 0.1) is 0 Å². The SMILES string of the molecule is CCCCCCCCOc1cc(OCCCCCCCC)c(C(=O)NN)cc1C(=O)NN. The van der Waals surface area contributed by atoms with Crippen LogP contribution in [0.2, 0.25) is 0 Å². The summed E-state index contributed by atoms with van der Waals surface area (Å²) in [5, 5.41) is 0. The van der Waals surface area contributed by atoms with E-state index in [2.05, 4.69) is 24.7 Å². The monoisotopic (exact) mass is 450 g/mol. The van der Waals surface area contributed by atoms with Crippen molar-refractivity contribution >= 4 is 11.8 Å². The molecule has 8 nitrogen and oxygen atoms in total. The summed E-state index contributed by atoms with van der Waals surface area (Å²) in [5.74, 6) is 10.2. The number of amides is 2. The lowest BCUT2D eigenvalue weighted by atomic mass is 10.1. The van der Waals surface area contributed by atoms with Crippen molar-refractivity contribution in [3.63, 3.8) is 0 Å². The molecule has 1 aromatic rings. The van der Waals surface area contributed by atoms with E-state index in [0.717, 1.165) is 38.5 Å². The summed E-state index contributed by atoms with van der Waals surface area (Å²) in [7, 11) is 0. The summed E-state index contributed by atoms with van der Waals surface area (Å²) >= 11 is 0. The van der Waals surface area contributed by atoms with Gasteiger partial charge >= 0.3 is 0 Å². The van der Waals surface area contributed by atoms with E-state index in [1.54, 1.807) is 6.07 Å². The van der Waals surface area contributed by atoms with E-state index < -0.39 is 11.8 Å². The van der Waals surface area contributed by atoms with Crippen molar-refractivity contribution in [1.29, 1.82) is 0 Å². The highest BCUT2D eigenvalue weighted by Crippen LogP contribution is 2.30. The molecule has 0 bridgehead atoms. The quantitative estimate of drug-likeness (QED) is 0.114. The standard InChI is InChI=1S/C24H42N4O4/c1-3-5-7-9-11-13-15-31-21-18-22(32-16-14-12-10-8-6-4-2)20(24(30)28-26)17-19(21)23(29)27-25/h17-18H,3-16,25-26H2,1-2H3,(H,27,29)(H,28,30). The summed E-state index contributed by atoms with van der Waals surface area (Å²) in [6, 6.07) is 3.00. The number of hydrazine groups is 2. The first-order valence-electron chi connectivity index (χ1n) is 12.0. The minimum absolute atomic E-state index is 0.170. The Hall–Kier alpha value is -2.32. The van der Waals surface area contributed by atoms with Crippen molar-refractivity contribution in [3.05, 3.63) is 23.3 Å². The first-order chi connectivity index (χ1) is 15.6. The Morgan fingerprint density at radius 3 is 1.41 bits per heavy atom. The van der Waals surface area contributed by atoms with Gasteiger partial charge in [0.2, 0.25) is 0 Å². The van der Waals surface area contributed by atoms with Crippen molar-refractivity contribution in [1.82, 2.24) is 10.9 Å². The molecule has 0 saturated heterocycles. The predicted octanol–water partition coefficient (Wildman–Crippen LogP) is 4.37. The molecule has 6 N–H and O–H groups in total. The summed E-state index contributed by atoms with van der Waals surface area (Å²) in [5.41, 5.74) is 4.55. The molecule has 0 aromatic heterocycles. The van der Waals surface area contributed by atoms with E-state index >= 15 is 0 Å². The number of unbranched alkanes of at least 4 members (excludes halogenated alkanes) is 10. The van der Waals surface area contributed by atoms with Crippen molar-refractivity contribution in [3.8, 4) is 11.5 Å². The third-order valence-electron chi connectivity index (χ3n) is 5.34. The molecule has 0 aliphatic carbocycles. The molecular formula is C24H42N4O4. The number of hydrogen-bond donors (Lipinski definition) is 4. The molecular weight excluding hydrogens is 408 g/mol. The van der Waals surface area contributed by atoms with Gasteiger partial charge in [0.1, 0.15) is 11.5 Å². The van der Waals surface area contributed by atoms with E-state index in [0.29, 0.717) is 24.7 Å². The molecule has 0 atom stereocenters. The van der Waals surface area contributed by atoms with Gasteiger partial charge in [-0.15, -0.1) is 0 Å². The van der Waals surface area contributed by atoms with Crippen LogP contribution >= 0.6 is 0 Å². The zero-order valence-corrected chi connectivity index (χ0v) is 19.8. The van der Waals surface area contributed by atoms with Crippen molar-refractivity contribution in [2.45, 2.75) is 90.9 Å². The number of nitrogen functional groups attached to an aromatic ring is 2. The fraction of sp³-hybridized carbons (Fsp3) is 0.667. The smallest absolute Gasteiger partial charge is 0.268 e. The van der Waals surface area contributed by atoms with Crippen LogP contribution in [0.3, 0.4) is 0 Å². The number of carbonyl (C=O) groups is 2. The molecule has 1 aromatic carbocycles. The lowest BCUT2D eigenvalue weighted by Gasteiger charge is -2.16. The Balaban J connectivity index is 2.84. The Labute approximate surface area is 192 Å². The second kappa shape index (κ2) is 17.3. The van der Waals surface area contributed by atoms with Crippen LogP contribution in [0.15, 0.2) is 12.1 Å². The second-order valence-electron chi connectivity index (χ2n) is 8.02. The molecule has 0 spiro atoms.